The highest BCUT2D eigenvalue weighted by Crippen LogP contribution is 2.32. The minimum absolute atomic E-state index is 0.181. The van der Waals surface area contributed by atoms with Gasteiger partial charge in [0.2, 0.25) is 0 Å². The zero-order valence-electron chi connectivity index (χ0n) is 16.4. The lowest BCUT2D eigenvalue weighted by Crippen LogP contribution is -2.24. The van der Waals surface area contributed by atoms with Crippen molar-refractivity contribution in [3.8, 4) is 11.5 Å². The number of aromatic nitrogens is 1. The number of nitrogens with zero attached hydrogens (tertiary/aromatic N) is 1. The summed E-state index contributed by atoms with van der Waals surface area (Å²) in [4.78, 5) is 12.6. The summed E-state index contributed by atoms with van der Waals surface area (Å²) >= 11 is 0. The Labute approximate surface area is 169 Å². The van der Waals surface area contributed by atoms with Crippen LogP contribution >= 0.6 is 0 Å². The third-order valence-corrected chi connectivity index (χ3v) is 4.54. The van der Waals surface area contributed by atoms with Gasteiger partial charge in [0.15, 0.2) is 23.9 Å². The molecule has 1 aromatic heterocycles. The second-order valence-electron chi connectivity index (χ2n) is 6.53. The van der Waals surface area contributed by atoms with E-state index in [1.807, 2.05) is 36.4 Å². The molecule has 0 saturated carbocycles. The maximum Gasteiger partial charge on any atom is 0.310 e. The highest BCUT2D eigenvalue weighted by molar-refractivity contribution is 5.73. The summed E-state index contributed by atoms with van der Waals surface area (Å²) in [5.41, 5.74) is 2.54. The Balaban J connectivity index is 1.84. The molecule has 0 bridgehead atoms. The molecule has 29 heavy (non-hydrogen) atoms. The first-order valence-corrected chi connectivity index (χ1v) is 9.22. The van der Waals surface area contributed by atoms with Crippen LogP contribution in [0.2, 0.25) is 0 Å². The van der Waals surface area contributed by atoms with E-state index in [1.54, 1.807) is 38.5 Å². The highest BCUT2D eigenvalue weighted by atomic mass is 16.5. The molecule has 0 spiro atoms. The topological polar surface area (TPSA) is 71.7 Å². The molecule has 150 valence electrons. The predicted molar refractivity (Wildman–Crippen MR) is 108 cm³/mol. The minimum atomic E-state index is -0.534. The maximum atomic E-state index is 12.6. The molecular weight excluding hydrogens is 370 g/mol. The van der Waals surface area contributed by atoms with Crippen molar-refractivity contribution in [2.24, 2.45) is 0 Å². The molecule has 3 aromatic rings. The number of pyridine rings is 1. The molecule has 0 aliphatic heterocycles. The van der Waals surface area contributed by atoms with Gasteiger partial charge in [-0.05, 0) is 28.8 Å². The van der Waals surface area contributed by atoms with Crippen LogP contribution in [0.3, 0.4) is 0 Å². The summed E-state index contributed by atoms with van der Waals surface area (Å²) in [6.45, 7) is 0. The van der Waals surface area contributed by atoms with E-state index in [2.05, 4.69) is 0 Å². The van der Waals surface area contributed by atoms with Crippen molar-refractivity contribution in [1.82, 2.24) is 0 Å². The van der Waals surface area contributed by atoms with Crippen LogP contribution in [0, 0.1) is 5.21 Å². The first kappa shape index (κ1) is 20.2. The standard InChI is InChI=1S/C23H23NO5/c1-27-20-9-8-19(16-22(20)28-2)21(14-18-10-12-24(26)13-11-18)29-23(25)15-17-6-4-3-5-7-17/h3-13,16,21H,14-15H2,1-2H3. The normalized spacial score (nSPS) is 11.5. The van der Waals surface area contributed by atoms with Gasteiger partial charge in [0.05, 0.1) is 20.6 Å². The van der Waals surface area contributed by atoms with Gasteiger partial charge in [0, 0.05) is 18.6 Å². The lowest BCUT2D eigenvalue weighted by atomic mass is 10.0. The van der Waals surface area contributed by atoms with Crippen LogP contribution in [0.5, 0.6) is 11.5 Å². The molecule has 0 radical (unpaired) electrons. The molecular formula is C23H23NO5. The Morgan fingerprint density at radius 3 is 2.28 bits per heavy atom. The Morgan fingerprint density at radius 1 is 0.931 bits per heavy atom. The van der Waals surface area contributed by atoms with Gasteiger partial charge < -0.3 is 19.4 Å². The van der Waals surface area contributed by atoms with Gasteiger partial charge in [-0.15, -0.1) is 0 Å². The first-order valence-electron chi connectivity index (χ1n) is 9.22. The van der Waals surface area contributed by atoms with Crippen LogP contribution in [-0.2, 0) is 22.4 Å². The molecule has 2 aromatic carbocycles. The van der Waals surface area contributed by atoms with Gasteiger partial charge >= 0.3 is 5.97 Å². The zero-order chi connectivity index (χ0) is 20.6. The van der Waals surface area contributed by atoms with Crippen LogP contribution in [0.1, 0.15) is 22.8 Å². The summed E-state index contributed by atoms with van der Waals surface area (Å²) in [5.74, 6) is 0.822. The van der Waals surface area contributed by atoms with Gasteiger partial charge in [0.25, 0.3) is 0 Å². The molecule has 0 N–H and O–H groups in total. The molecule has 0 aliphatic rings. The van der Waals surface area contributed by atoms with Crippen molar-refractivity contribution < 1.29 is 23.7 Å². The van der Waals surface area contributed by atoms with Crippen LogP contribution in [0.25, 0.3) is 0 Å². The number of carbonyl (C=O) groups excluding carboxylic acids is 1. The van der Waals surface area contributed by atoms with E-state index in [1.165, 1.54) is 12.4 Å². The highest BCUT2D eigenvalue weighted by Gasteiger charge is 2.20. The van der Waals surface area contributed by atoms with E-state index in [-0.39, 0.29) is 12.4 Å². The third kappa shape index (κ3) is 5.48. The van der Waals surface area contributed by atoms with Crippen molar-refractivity contribution in [3.63, 3.8) is 0 Å². The van der Waals surface area contributed by atoms with E-state index < -0.39 is 6.10 Å². The van der Waals surface area contributed by atoms with Crippen molar-refractivity contribution in [2.75, 3.05) is 14.2 Å². The molecule has 6 heteroatoms. The van der Waals surface area contributed by atoms with Crippen LogP contribution in [0.4, 0.5) is 0 Å². The third-order valence-electron chi connectivity index (χ3n) is 4.54. The fourth-order valence-corrected chi connectivity index (χ4v) is 3.04. The Hall–Kier alpha value is -3.54. The molecule has 6 nitrogen and oxygen atoms in total. The van der Waals surface area contributed by atoms with Crippen LogP contribution in [0.15, 0.2) is 73.1 Å². The van der Waals surface area contributed by atoms with E-state index in [9.17, 15) is 10.0 Å². The van der Waals surface area contributed by atoms with Gasteiger partial charge in [0.1, 0.15) is 6.10 Å². The van der Waals surface area contributed by atoms with Crippen molar-refractivity contribution in [3.05, 3.63) is 95.0 Å². The molecule has 0 aliphatic carbocycles. The fourth-order valence-electron chi connectivity index (χ4n) is 3.04. The monoisotopic (exact) mass is 393 g/mol. The summed E-state index contributed by atoms with van der Waals surface area (Å²) < 4.78 is 17.2. The molecule has 1 unspecified atom stereocenters. The number of benzene rings is 2. The quantitative estimate of drug-likeness (QED) is 0.333. The first-order chi connectivity index (χ1) is 14.1. The largest absolute Gasteiger partial charge is 0.619 e. The SMILES string of the molecule is COc1ccc(C(Cc2cc[n+]([O-])cc2)OC(=O)Cc2ccccc2)cc1OC. The fraction of sp³-hybridized carbons (Fsp3) is 0.217. The number of ether oxygens (including phenoxy) is 3. The lowest BCUT2D eigenvalue weighted by Gasteiger charge is -2.20. The van der Waals surface area contributed by atoms with Gasteiger partial charge in [-0.3, -0.25) is 4.79 Å². The molecule has 3 rings (SSSR count). The van der Waals surface area contributed by atoms with Crippen molar-refractivity contribution in [1.29, 1.82) is 0 Å². The molecule has 0 amide bonds. The van der Waals surface area contributed by atoms with E-state index >= 15 is 0 Å². The average molecular weight is 393 g/mol. The number of carbonyl (C=O) groups is 1. The zero-order valence-corrected chi connectivity index (χ0v) is 16.4. The van der Waals surface area contributed by atoms with Crippen molar-refractivity contribution >= 4 is 5.97 Å². The summed E-state index contributed by atoms with van der Waals surface area (Å²) in [6, 6.07) is 18.3. The number of rotatable bonds is 8. The summed E-state index contributed by atoms with van der Waals surface area (Å²) in [6.07, 6.45) is 2.92. The number of esters is 1. The minimum Gasteiger partial charge on any atom is -0.619 e. The Bertz CT molecular complexity index is 941. The summed E-state index contributed by atoms with van der Waals surface area (Å²) in [7, 11) is 3.12. The van der Waals surface area contributed by atoms with Crippen LogP contribution in [-0.4, -0.2) is 20.2 Å². The van der Waals surface area contributed by atoms with E-state index in [0.29, 0.717) is 17.9 Å². The van der Waals surface area contributed by atoms with Gasteiger partial charge in [-0.25, -0.2) is 0 Å². The molecule has 1 heterocycles. The van der Waals surface area contributed by atoms with E-state index in [4.69, 9.17) is 14.2 Å². The Morgan fingerprint density at radius 2 is 1.62 bits per heavy atom. The smallest absolute Gasteiger partial charge is 0.310 e. The van der Waals surface area contributed by atoms with E-state index in [0.717, 1.165) is 21.4 Å². The predicted octanol–water partition coefficient (Wildman–Crippen LogP) is 3.41. The average Bonchev–Trinajstić information content (AvgIpc) is 2.75. The molecule has 0 fully saturated rings. The lowest BCUT2D eigenvalue weighted by molar-refractivity contribution is -0.605. The van der Waals surface area contributed by atoms with Crippen LogP contribution < -0.4 is 14.2 Å². The van der Waals surface area contributed by atoms with Gasteiger partial charge in [-0.1, -0.05) is 36.4 Å². The molecule has 0 saturated heterocycles. The van der Waals surface area contributed by atoms with Crippen molar-refractivity contribution in [2.45, 2.75) is 18.9 Å². The number of methoxy groups -OCH3 is 2. The summed E-state index contributed by atoms with van der Waals surface area (Å²) in [5, 5.41) is 11.3. The second-order valence-corrected chi connectivity index (χ2v) is 6.53. The second kappa shape index (κ2) is 9.59. The Kier molecular flexibility index (Phi) is 6.68. The van der Waals surface area contributed by atoms with Gasteiger partial charge in [-0.2, -0.15) is 4.73 Å². The maximum absolute atomic E-state index is 12.6. The number of hydrogen-bond donors (Lipinski definition) is 0. The molecule has 1 atom stereocenters. The number of hydrogen-bond acceptors (Lipinski definition) is 5.